The molecule has 0 aliphatic carbocycles. The SMILES string of the molecule is CC[C@@H](C)NC(=O)CCN(CCC(C)C)C(=O)c1ccoc1. The van der Waals surface area contributed by atoms with Gasteiger partial charge >= 0.3 is 0 Å². The predicted molar refractivity (Wildman–Crippen MR) is 86.6 cm³/mol. The van der Waals surface area contributed by atoms with Gasteiger partial charge in [-0.05, 0) is 31.7 Å². The van der Waals surface area contributed by atoms with E-state index in [2.05, 4.69) is 19.2 Å². The predicted octanol–water partition coefficient (Wildman–Crippen LogP) is 3.07. The first-order valence-electron chi connectivity index (χ1n) is 8.04. The Balaban J connectivity index is 2.58. The van der Waals surface area contributed by atoms with Crippen molar-refractivity contribution >= 4 is 11.8 Å². The molecule has 1 atom stereocenters. The average Bonchev–Trinajstić information content (AvgIpc) is 3.00. The molecule has 124 valence electrons. The highest BCUT2D eigenvalue weighted by Gasteiger charge is 2.18. The summed E-state index contributed by atoms with van der Waals surface area (Å²) in [4.78, 5) is 26.1. The lowest BCUT2D eigenvalue weighted by Gasteiger charge is -2.23. The Labute approximate surface area is 133 Å². The maximum atomic E-state index is 12.4. The van der Waals surface area contributed by atoms with E-state index in [1.165, 1.54) is 12.5 Å². The summed E-state index contributed by atoms with van der Waals surface area (Å²) in [5.74, 6) is 0.420. The Kier molecular flexibility index (Phi) is 7.71. The first-order valence-corrected chi connectivity index (χ1v) is 8.04. The molecule has 0 unspecified atom stereocenters. The Morgan fingerprint density at radius 2 is 2.00 bits per heavy atom. The van der Waals surface area contributed by atoms with Crippen molar-refractivity contribution < 1.29 is 14.0 Å². The molecule has 0 saturated heterocycles. The van der Waals surface area contributed by atoms with Gasteiger partial charge in [0, 0.05) is 25.6 Å². The molecule has 0 aliphatic rings. The number of hydrogen-bond donors (Lipinski definition) is 1. The lowest BCUT2D eigenvalue weighted by atomic mass is 10.1. The van der Waals surface area contributed by atoms with Gasteiger partial charge in [0.1, 0.15) is 6.26 Å². The third-order valence-corrected chi connectivity index (χ3v) is 3.66. The van der Waals surface area contributed by atoms with Gasteiger partial charge in [-0.3, -0.25) is 9.59 Å². The highest BCUT2D eigenvalue weighted by molar-refractivity contribution is 5.94. The van der Waals surface area contributed by atoms with Gasteiger partial charge < -0.3 is 14.6 Å². The van der Waals surface area contributed by atoms with E-state index in [0.717, 1.165) is 12.8 Å². The van der Waals surface area contributed by atoms with Crippen LogP contribution < -0.4 is 5.32 Å². The van der Waals surface area contributed by atoms with Crippen LogP contribution >= 0.6 is 0 Å². The Morgan fingerprint density at radius 3 is 2.55 bits per heavy atom. The fraction of sp³-hybridized carbons (Fsp3) is 0.647. The van der Waals surface area contributed by atoms with Crippen LogP contribution in [-0.2, 0) is 4.79 Å². The number of amides is 2. The van der Waals surface area contributed by atoms with Crippen LogP contribution in [-0.4, -0.2) is 35.8 Å². The van der Waals surface area contributed by atoms with Crippen LogP contribution in [0.25, 0.3) is 0 Å². The van der Waals surface area contributed by atoms with Crippen LogP contribution in [0, 0.1) is 5.92 Å². The molecular weight excluding hydrogens is 280 g/mol. The molecule has 1 N–H and O–H groups in total. The monoisotopic (exact) mass is 308 g/mol. The zero-order chi connectivity index (χ0) is 16.5. The van der Waals surface area contributed by atoms with Gasteiger partial charge in [-0.2, -0.15) is 0 Å². The van der Waals surface area contributed by atoms with Crippen molar-refractivity contribution in [3.05, 3.63) is 24.2 Å². The van der Waals surface area contributed by atoms with E-state index in [9.17, 15) is 9.59 Å². The van der Waals surface area contributed by atoms with E-state index in [-0.39, 0.29) is 17.9 Å². The quantitative estimate of drug-likeness (QED) is 0.762. The van der Waals surface area contributed by atoms with E-state index in [1.807, 2.05) is 13.8 Å². The summed E-state index contributed by atoms with van der Waals surface area (Å²) < 4.78 is 4.98. The minimum Gasteiger partial charge on any atom is -0.472 e. The van der Waals surface area contributed by atoms with Gasteiger partial charge in [0.15, 0.2) is 0 Å². The summed E-state index contributed by atoms with van der Waals surface area (Å²) in [5, 5.41) is 2.93. The van der Waals surface area contributed by atoms with Crippen molar-refractivity contribution in [3.63, 3.8) is 0 Å². The average molecular weight is 308 g/mol. The van der Waals surface area contributed by atoms with Gasteiger partial charge in [0.2, 0.25) is 5.91 Å². The van der Waals surface area contributed by atoms with Crippen LogP contribution in [0.5, 0.6) is 0 Å². The normalized spacial score (nSPS) is 12.2. The van der Waals surface area contributed by atoms with Crippen molar-refractivity contribution in [2.24, 2.45) is 5.92 Å². The molecule has 0 fully saturated rings. The zero-order valence-electron chi connectivity index (χ0n) is 14.1. The minimum absolute atomic E-state index is 0.0103. The van der Waals surface area contributed by atoms with Gasteiger partial charge in [0.25, 0.3) is 5.91 Å². The first kappa shape index (κ1) is 18.3. The summed E-state index contributed by atoms with van der Waals surface area (Å²) >= 11 is 0. The van der Waals surface area contributed by atoms with Crippen LogP contribution in [0.2, 0.25) is 0 Å². The molecule has 0 saturated carbocycles. The molecule has 1 aromatic rings. The van der Waals surface area contributed by atoms with Gasteiger partial charge in [-0.25, -0.2) is 0 Å². The number of rotatable bonds is 9. The fourth-order valence-corrected chi connectivity index (χ4v) is 1.98. The maximum absolute atomic E-state index is 12.4. The fourth-order valence-electron chi connectivity index (χ4n) is 1.98. The molecule has 0 aliphatic heterocycles. The smallest absolute Gasteiger partial charge is 0.257 e. The summed E-state index contributed by atoms with van der Waals surface area (Å²) in [6.07, 6.45) is 5.08. The van der Waals surface area contributed by atoms with E-state index < -0.39 is 0 Å². The number of nitrogens with one attached hydrogen (secondary N) is 1. The summed E-state index contributed by atoms with van der Waals surface area (Å²) in [6, 6.07) is 1.82. The van der Waals surface area contributed by atoms with E-state index in [0.29, 0.717) is 31.0 Å². The lowest BCUT2D eigenvalue weighted by molar-refractivity contribution is -0.121. The van der Waals surface area contributed by atoms with E-state index >= 15 is 0 Å². The number of nitrogens with zero attached hydrogens (tertiary/aromatic N) is 1. The second-order valence-electron chi connectivity index (χ2n) is 6.11. The maximum Gasteiger partial charge on any atom is 0.257 e. The van der Waals surface area contributed by atoms with E-state index in [1.54, 1.807) is 11.0 Å². The zero-order valence-corrected chi connectivity index (χ0v) is 14.1. The third kappa shape index (κ3) is 6.33. The standard InChI is InChI=1S/C17H28N2O3/c1-5-14(4)18-16(20)7-10-19(9-6-13(2)3)17(21)15-8-11-22-12-15/h8,11-14H,5-7,9-10H2,1-4H3,(H,18,20)/t14-/m1/s1. The molecule has 1 rings (SSSR count). The van der Waals surface area contributed by atoms with Crippen LogP contribution in [0.1, 0.15) is 57.3 Å². The summed E-state index contributed by atoms with van der Waals surface area (Å²) in [7, 11) is 0. The summed E-state index contributed by atoms with van der Waals surface area (Å²) in [5.41, 5.74) is 0.533. The van der Waals surface area contributed by atoms with Crippen LogP contribution in [0.4, 0.5) is 0 Å². The van der Waals surface area contributed by atoms with Gasteiger partial charge in [-0.15, -0.1) is 0 Å². The van der Waals surface area contributed by atoms with Crippen LogP contribution in [0.3, 0.4) is 0 Å². The Bertz CT molecular complexity index is 454. The molecule has 0 spiro atoms. The highest BCUT2D eigenvalue weighted by Crippen LogP contribution is 2.10. The number of carbonyl (C=O) groups is 2. The number of furan rings is 1. The molecule has 22 heavy (non-hydrogen) atoms. The molecule has 2 amide bonds. The summed E-state index contributed by atoms with van der Waals surface area (Å²) in [6.45, 7) is 9.33. The van der Waals surface area contributed by atoms with Crippen molar-refractivity contribution in [2.75, 3.05) is 13.1 Å². The molecule has 0 aromatic carbocycles. The number of hydrogen-bond acceptors (Lipinski definition) is 3. The largest absolute Gasteiger partial charge is 0.472 e. The molecule has 5 heteroatoms. The molecule has 1 aromatic heterocycles. The van der Waals surface area contributed by atoms with Gasteiger partial charge in [0.05, 0.1) is 11.8 Å². The van der Waals surface area contributed by atoms with Crippen LogP contribution in [0.15, 0.2) is 23.0 Å². The van der Waals surface area contributed by atoms with Crippen molar-refractivity contribution in [3.8, 4) is 0 Å². The minimum atomic E-state index is -0.0780. The number of carbonyl (C=O) groups excluding carboxylic acids is 2. The molecule has 5 nitrogen and oxygen atoms in total. The first-order chi connectivity index (χ1) is 10.4. The second-order valence-corrected chi connectivity index (χ2v) is 6.11. The van der Waals surface area contributed by atoms with Crippen molar-refractivity contribution in [1.82, 2.24) is 10.2 Å². The topological polar surface area (TPSA) is 62.6 Å². The molecule has 0 bridgehead atoms. The molecule has 0 radical (unpaired) electrons. The molecule has 1 heterocycles. The Hall–Kier alpha value is -1.78. The Morgan fingerprint density at radius 1 is 1.27 bits per heavy atom. The third-order valence-electron chi connectivity index (χ3n) is 3.66. The molecular formula is C17H28N2O3. The van der Waals surface area contributed by atoms with Crippen molar-refractivity contribution in [1.29, 1.82) is 0 Å². The van der Waals surface area contributed by atoms with Crippen molar-refractivity contribution in [2.45, 2.75) is 53.0 Å². The van der Waals surface area contributed by atoms with E-state index in [4.69, 9.17) is 4.42 Å². The highest BCUT2D eigenvalue weighted by atomic mass is 16.3. The lowest BCUT2D eigenvalue weighted by Crippen LogP contribution is -2.38. The second kappa shape index (κ2) is 9.28. The van der Waals surface area contributed by atoms with Gasteiger partial charge in [-0.1, -0.05) is 20.8 Å².